The summed E-state index contributed by atoms with van der Waals surface area (Å²) >= 11 is 1.86. The van der Waals surface area contributed by atoms with E-state index in [1.807, 2.05) is 11.3 Å². The van der Waals surface area contributed by atoms with Gasteiger partial charge in [0.2, 0.25) is 0 Å². The van der Waals surface area contributed by atoms with E-state index in [9.17, 15) is 0 Å². The third-order valence-electron chi connectivity index (χ3n) is 12.2. The van der Waals surface area contributed by atoms with Gasteiger partial charge in [0.25, 0.3) is 0 Å². The summed E-state index contributed by atoms with van der Waals surface area (Å²) in [6.07, 6.45) is 0. The van der Waals surface area contributed by atoms with Crippen molar-refractivity contribution in [1.29, 1.82) is 0 Å². The van der Waals surface area contributed by atoms with Crippen LogP contribution in [0.4, 0.5) is 17.1 Å². The number of fused-ring (bicyclic) bond motifs is 9. The van der Waals surface area contributed by atoms with E-state index in [0.717, 1.165) is 17.1 Å². The Labute approximate surface area is 352 Å². The average Bonchev–Trinajstić information content (AvgIpc) is 3.70. The van der Waals surface area contributed by atoms with Crippen LogP contribution in [-0.2, 0) is 0 Å². The normalized spacial score (nSPS) is 11.7. The molecule has 0 spiro atoms. The van der Waals surface area contributed by atoms with Crippen molar-refractivity contribution in [1.82, 2.24) is 0 Å². The summed E-state index contributed by atoms with van der Waals surface area (Å²) < 4.78 is 2.59. The van der Waals surface area contributed by atoms with Crippen LogP contribution in [0.3, 0.4) is 0 Å². The minimum Gasteiger partial charge on any atom is -0.310 e. The Bertz CT molecular complexity index is 3590. The van der Waals surface area contributed by atoms with Gasteiger partial charge in [-0.05, 0) is 119 Å². The lowest BCUT2D eigenvalue weighted by atomic mass is 9.85. The van der Waals surface area contributed by atoms with Crippen LogP contribution in [0.25, 0.3) is 96.6 Å². The zero-order valence-electron chi connectivity index (χ0n) is 32.7. The summed E-state index contributed by atoms with van der Waals surface area (Å²) in [4.78, 5) is 2.44. The Morgan fingerprint density at radius 1 is 0.267 bits per heavy atom. The molecule has 0 aliphatic rings. The maximum absolute atomic E-state index is 2.44. The molecule has 0 saturated carbocycles. The minimum absolute atomic E-state index is 1.11. The molecule has 0 aliphatic heterocycles. The van der Waals surface area contributed by atoms with Crippen molar-refractivity contribution in [2.24, 2.45) is 0 Å². The minimum atomic E-state index is 1.11. The summed E-state index contributed by atoms with van der Waals surface area (Å²) in [6, 6.07) is 82.6. The number of rotatable bonds is 6. The van der Waals surface area contributed by atoms with E-state index in [2.05, 4.69) is 229 Å². The molecule has 0 atom stereocenters. The molecule has 280 valence electrons. The number of anilines is 3. The molecule has 12 rings (SSSR count). The van der Waals surface area contributed by atoms with E-state index in [1.165, 1.54) is 96.6 Å². The lowest BCUT2D eigenvalue weighted by molar-refractivity contribution is 1.30. The molecule has 1 heterocycles. The van der Waals surface area contributed by atoms with Crippen molar-refractivity contribution in [3.8, 4) is 33.4 Å². The average molecular weight is 780 g/mol. The van der Waals surface area contributed by atoms with Gasteiger partial charge in [-0.1, -0.05) is 182 Å². The van der Waals surface area contributed by atoms with Crippen LogP contribution in [0, 0.1) is 0 Å². The molecular weight excluding hydrogens is 743 g/mol. The van der Waals surface area contributed by atoms with Crippen LogP contribution >= 0.6 is 11.3 Å². The van der Waals surface area contributed by atoms with Gasteiger partial charge in [0.15, 0.2) is 0 Å². The molecule has 12 aromatic rings. The molecular formula is C58H37NS. The summed E-state index contributed by atoms with van der Waals surface area (Å²) in [5.41, 5.74) is 10.7. The Morgan fingerprint density at radius 2 is 0.783 bits per heavy atom. The first-order valence-electron chi connectivity index (χ1n) is 20.6. The second-order valence-electron chi connectivity index (χ2n) is 15.6. The molecule has 1 nitrogen and oxygen atoms in total. The van der Waals surface area contributed by atoms with E-state index < -0.39 is 0 Å². The highest BCUT2D eigenvalue weighted by Gasteiger charge is 2.21. The molecule has 60 heavy (non-hydrogen) atoms. The van der Waals surface area contributed by atoms with Gasteiger partial charge in [-0.3, -0.25) is 0 Å². The first-order chi connectivity index (χ1) is 29.8. The van der Waals surface area contributed by atoms with E-state index >= 15 is 0 Å². The number of hydrogen-bond acceptors (Lipinski definition) is 2. The third-order valence-corrected chi connectivity index (χ3v) is 13.4. The van der Waals surface area contributed by atoms with Gasteiger partial charge in [-0.25, -0.2) is 0 Å². The molecule has 0 N–H and O–H groups in total. The summed E-state index contributed by atoms with van der Waals surface area (Å²) in [5, 5.41) is 12.7. The summed E-state index contributed by atoms with van der Waals surface area (Å²) in [6.45, 7) is 0. The van der Waals surface area contributed by atoms with Gasteiger partial charge in [-0.2, -0.15) is 0 Å². The molecule has 0 amide bonds. The second-order valence-corrected chi connectivity index (χ2v) is 16.7. The van der Waals surface area contributed by atoms with Crippen molar-refractivity contribution in [2.75, 3.05) is 4.90 Å². The molecule has 2 heteroatoms. The van der Waals surface area contributed by atoms with Crippen LogP contribution < -0.4 is 4.90 Å². The summed E-state index contributed by atoms with van der Waals surface area (Å²) in [7, 11) is 0. The third kappa shape index (κ3) is 5.61. The van der Waals surface area contributed by atoms with Crippen molar-refractivity contribution in [3.05, 3.63) is 224 Å². The lowest BCUT2D eigenvalue weighted by Crippen LogP contribution is -2.10. The maximum atomic E-state index is 2.44. The first-order valence-corrected chi connectivity index (χ1v) is 21.4. The Kier molecular flexibility index (Phi) is 8.11. The second kappa shape index (κ2) is 14.1. The predicted molar refractivity (Wildman–Crippen MR) is 260 cm³/mol. The standard InChI is InChI=1S/C58H37NS/c1-3-15-40(16-4-1)57-53-22-10-9-20-48(53)50-34-31-43(36-54(50)58(57)41-17-5-2-6-18-41)59(44-32-35-52-51-21-11-12-25-55(51)60-56(52)37-44)42-29-26-39(27-30-42)46-23-13-24-47-45-19-8-7-14-38(45)28-33-49(46)47/h1-37H. The first kappa shape index (κ1) is 34.5. The highest BCUT2D eigenvalue weighted by Crippen LogP contribution is 2.48. The van der Waals surface area contributed by atoms with Gasteiger partial charge in [-0.15, -0.1) is 11.3 Å². The largest absolute Gasteiger partial charge is 0.310 e. The molecule has 0 bridgehead atoms. The van der Waals surface area contributed by atoms with Crippen LogP contribution in [0.1, 0.15) is 0 Å². The zero-order chi connectivity index (χ0) is 39.6. The molecule has 0 unspecified atom stereocenters. The van der Waals surface area contributed by atoms with Crippen LogP contribution in [0.5, 0.6) is 0 Å². The highest BCUT2D eigenvalue weighted by atomic mass is 32.1. The lowest BCUT2D eigenvalue weighted by Gasteiger charge is -2.27. The summed E-state index contributed by atoms with van der Waals surface area (Å²) in [5.74, 6) is 0. The van der Waals surface area contributed by atoms with Gasteiger partial charge in [0.05, 0.1) is 0 Å². The number of hydrogen-bond donors (Lipinski definition) is 0. The van der Waals surface area contributed by atoms with Crippen LogP contribution in [0.15, 0.2) is 224 Å². The number of nitrogens with zero attached hydrogens (tertiary/aromatic N) is 1. The SMILES string of the molecule is c1ccc(-c2c(-c3ccccc3)c3cc(N(c4ccc(-c5cccc6c5ccc5ccccc56)cc4)c4ccc5c(c4)sc4ccccc45)ccc3c3ccccc23)cc1. The zero-order valence-corrected chi connectivity index (χ0v) is 33.5. The molecule has 0 fully saturated rings. The monoisotopic (exact) mass is 779 g/mol. The molecule has 0 radical (unpaired) electrons. The van der Waals surface area contributed by atoms with Crippen LogP contribution in [0.2, 0.25) is 0 Å². The maximum Gasteiger partial charge on any atom is 0.0476 e. The molecule has 0 saturated heterocycles. The number of thiophene rings is 1. The quantitative estimate of drug-likeness (QED) is 0.152. The van der Waals surface area contributed by atoms with Gasteiger partial charge in [0, 0.05) is 37.2 Å². The Balaban J connectivity index is 1.09. The van der Waals surface area contributed by atoms with Gasteiger partial charge >= 0.3 is 0 Å². The molecule has 0 aliphatic carbocycles. The fourth-order valence-corrected chi connectivity index (χ4v) is 10.6. The smallest absolute Gasteiger partial charge is 0.0476 e. The van der Waals surface area contributed by atoms with Crippen molar-refractivity contribution < 1.29 is 0 Å². The molecule has 11 aromatic carbocycles. The van der Waals surface area contributed by atoms with E-state index in [0.29, 0.717) is 0 Å². The van der Waals surface area contributed by atoms with E-state index in [-0.39, 0.29) is 0 Å². The van der Waals surface area contributed by atoms with Gasteiger partial charge in [0.1, 0.15) is 0 Å². The van der Waals surface area contributed by atoms with Crippen molar-refractivity contribution in [2.45, 2.75) is 0 Å². The highest BCUT2D eigenvalue weighted by molar-refractivity contribution is 7.25. The van der Waals surface area contributed by atoms with Crippen LogP contribution in [-0.4, -0.2) is 0 Å². The van der Waals surface area contributed by atoms with E-state index in [1.54, 1.807) is 0 Å². The van der Waals surface area contributed by atoms with Gasteiger partial charge < -0.3 is 4.90 Å². The Hall–Kier alpha value is -7.52. The van der Waals surface area contributed by atoms with Crippen molar-refractivity contribution >= 4 is 91.7 Å². The number of benzene rings is 11. The topological polar surface area (TPSA) is 3.24 Å². The van der Waals surface area contributed by atoms with E-state index in [4.69, 9.17) is 0 Å². The fraction of sp³-hybridized carbons (Fsp3) is 0. The fourth-order valence-electron chi connectivity index (χ4n) is 9.51. The predicted octanol–water partition coefficient (Wildman–Crippen LogP) is 17.1. The molecule has 1 aromatic heterocycles. The Morgan fingerprint density at radius 3 is 1.55 bits per heavy atom. The van der Waals surface area contributed by atoms with Crippen molar-refractivity contribution in [3.63, 3.8) is 0 Å².